The largest absolute Gasteiger partial charge is 0.306 e. The maximum Gasteiger partial charge on any atom is 0.152 e. The fourth-order valence-electron chi connectivity index (χ4n) is 2.11. The molecule has 1 saturated heterocycles. The Balaban J connectivity index is 1.99. The van der Waals surface area contributed by atoms with Crippen molar-refractivity contribution < 1.29 is 8.42 Å². The number of sulfone groups is 1. The van der Waals surface area contributed by atoms with Crippen LogP contribution in [0.1, 0.15) is 18.9 Å². The molecule has 1 N–H and O–H groups in total. The molecule has 1 aromatic rings. The van der Waals surface area contributed by atoms with Crippen LogP contribution in [0.25, 0.3) is 0 Å². The molecule has 1 atom stereocenters. The maximum absolute atomic E-state index is 11.5. The Labute approximate surface area is 107 Å². The fraction of sp³-hybridized carbons (Fsp3) is 0.500. The van der Waals surface area contributed by atoms with Crippen molar-refractivity contribution in [3.05, 3.63) is 34.9 Å². The van der Waals surface area contributed by atoms with Gasteiger partial charge in [0.2, 0.25) is 0 Å². The van der Waals surface area contributed by atoms with Crippen molar-refractivity contribution in [3.63, 3.8) is 0 Å². The highest BCUT2D eigenvalue weighted by atomic mass is 35.5. The summed E-state index contributed by atoms with van der Waals surface area (Å²) in [4.78, 5) is 0. The SMILES string of the molecule is C[C@@]1(NCc2cccc(Cl)c2)CCS(=O)(=O)C1. The second-order valence-electron chi connectivity index (χ2n) is 4.89. The van der Waals surface area contributed by atoms with Crippen LogP contribution in [-0.2, 0) is 16.4 Å². The second kappa shape index (κ2) is 4.59. The van der Waals surface area contributed by atoms with Gasteiger partial charge >= 0.3 is 0 Å². The number of hydrogen-bond acceptors (Lipinski definition) is 3. The first-order chi connectivity index (χ1) is 7.89. The zero-order valence-corrected chi connectivity index (χ0v) is 11.3. The van der Waals surface area contributed by atoms with E-state index in [0.29, 0.717) is 18.0 Å². The van der Waals surface area contributed by atoms with Crippen LogP contribution in [-0.4, -0.2) is 25.5 Å². The molecule has 5 heteroatoms. The van der Waals surface area contributed by atoms with Gasteiger partial charge in [-0.1, -0.05) is 23.7 Å². The van der Waals surface area contributed by atoms with Crippen molar-refractivity contribution in [3.8, 4) is 0 Å². The summed E-state index contributed by atoms with van der Waals surface area (Å²) in [7, 11) is -2.86. The smallest absolute Gasteiger partial charge is 0.152 e. The van der Waals surface area contributed by atoms with Crippen molar-refractivity contribution in [1.82, 2.24) is 5.32 Å². The molecule has 94 valence electrons. The van der Waals surface area contributed by atoms with Crippen molar-refractivity contribution in [2.45, 2.75) is 25.4 Å². The van der Waals surface area contributed by atoms with Crippen LogP contribution in [0.5, 0.6) is 0 Å². The molecular weight excluding hydrogens is 258 g/mol. The van der Waals surface area contributed by atoms with Crippen molar-refractivity contribution in [2.24, 2.45) is 0 Å². The first-order valence-corrected chi connectivity index (χ1v) is 7.78. The van der Waals surface area contributed by atoms with E-state index in [2.05, 4.69) is 5.32 Å². The summed E-state index contributed by atoms with van der Waals surface area (Å²) in [6.07, 6.45) is 0.676. The number of benzene rings is 1. The zero-order chi connectivity index (χ0) is 12.5. The molecule has 0 amide bonds. The van der Waals surface area contributed by atoms with Crippen LogP contribution in [0.3, 0.4) is 0 Å². The quantitative estimate of drug-likeness (QED) is 0.916. The molecule has 0 saturated carbocycles. The van der Waals surface area contributed by atoms with E-state index in [4.69, 9.17) is 11.6 Å². The van der Waals surface area contributed by atoms with E-state index in [-0.39, 0.29) is 17.0 Å². The minimum absolute atomic E-state index is 0.223. The van der Waals surface area contributed by atoms with Crippen molar-refractivity contribution in [1.29, 1.82) is 0 Å². The topological polar surface area (TPSA) is 46.2 Å². The molecule has 0 unspecified atom stereocenters. The number of rotatable bonds is 3. The molecule has 0 spiro atoms. The Morgan fingerprint density at radius 3 is 2.82 bits per heavy atom. The van der Waals surface area contributed by atoms with Gasteiger partial charge in [-0.2, -0.15) is 0 Å². The lowest BCUT2D eigenvalue weighted by molar-refractivity contribution is 0.395. The normalized spacial score (nSPS) is 27.2. The second-order valence-corrected chi connectivity index (χ2v) is 7.51. The van der Waals surface area contributed by atoms with Gasteiger partial charge in [0.05, 0.1) is 11.5 Å². The molecule has 0 radical (unpaired) electrons. The highest BCUT2D eigenvalue weighted by molar-refractivity contribution is 7.91. The molecule has 0 aromatic heterocycles. The van der Waals surface area contributed by atoms with Gasteiger partial charge in [0.25, 0.3) is 0 Å². The van der Waals surface area contributed by atoms with Crippen LogP contribution in [0.15, 0.2) is 24.3 Å². The maximum atomic E-state index is 11.5. The Kier molecular flexibility index (Phi) is 3.48. The average molecular weight is 274 g/mol. The molecule has 1 aromatic carbocycles. The first kappa shape index (κ1) is 12.9. The van der Waals surface area contributed by atoms with E-state index in [0.717, 1.165) is 5.56 Å². The van der Waals surface area contributed by atoms with Crippen LogP contribution in [0, 0.1) is 0 Å². The van der Waals surface area contributed by atoms with Gasteiger partial charge in [-0.3, -0.25) is 0 Å². The van der Waals surface area contributed by atoms with Gasteiger partial charge in [0, 0.05) is 17.1 Å². The highest BCUT2D eigenvalue weighted by Gasteiger charge is 2.37. The monoisotopic (exact) mass is 273 g/mol. The van der Waals surface area contributed by atoms with E-state index >= 15 is 0 Å². The molecule has 1 fully saturated rings. The van der Waals surface area contributed by atoms with Crippen LogP contribution in [0.4, 0.5) is 0 Å². The number of hydrogen-bond donors (Lipinski definition) is 1. The molecule has 1 aliphatic rings. The molecule has 17 heavy (non-hydrogen) atoms. The third kappa shape index (κ3) is 3.44. The minimum Gasteiger partial charge on any atom is -0.306 e. The summed E-state index contributed by atoms with van der Waals surface area (Å²) in [5.74, 6) is 0.507. The van der Waals surface area contributed by atoms with Gasteiger partial charge < -0.3 is 5.32 Å². The van der Waals surface area contributed by atoms with Crippen LogP contribution >= 0.6 is 11.6 Å². The molecule has 1 heterocycles. The number of halogens is 1. The standard InChI is InChI=1S/C12H16ClNO2S/c1-12(5-6-17(15,16)9-12)14-8-10-3-2-4-11(13)7-10/h2-4,7,14H,5-6,8-9H2,1H3/t12-/m1/s1. The lowest BCUT2D eigenvalue weighted by atomic mass is 10.0. The van der Waals surface area contributed by atoms with E-state index in [1.165, 1.54) is 0 Å². The molecule has 1 aliphatic heterocycles. The van der Waals surface area contributed by atoms with E-state index in [1.54, 1.807) is 0 Å². The van der Waals surface area contributed by atoms with E-state index in [9.17, 15) is 8.42 Å². The lowest BCUT2D eigenvalue weighted by Gasteiger charge is -2.24. The molecule has 2 rings (SSSR count). The van der Waals surface area contributed by atoms with Crippen molar-refractivity contribution in [2.75, 3.05) is 11.5 Å². The molecule has 0 bridgehead atoms. The van der Waals surface area contributed by atoms with Gasteiger partial charge in [0.15, 0.2) is 9.84 Å². The van der Waals surface area contributed by atoms with Gasteiger partial charge in [0.1, 0.15) is 0 Å². The summed E-state index contributed by atoms with van der Waals surface area (Å²) < 4.78 is 22.9. The van der Waals surface area contributed by atoms with Crippen LogP contribution in [0.2, 0.25) is 5.02 Å². The Morgan fingerprint density at radius 1 is 1.47 bits per heavy atom. The minimum atomic E-state index is -2.86. The van der Waals surface area contributed by atoms with Crippen molar-refractivity contribution >= 4 is 21.4 Å². The highest BCUT2D eigenvalue weighted by Crippen LogP contribution is 2.23. The molecule has 3 nitrogen and oxygen atoms in total. The van der Waals surface area contributed by atoms with E-state index < -0.39 is 9.84 Å². The summed E-state index contributed by atoms with van der Waals surface area (Å²) >= 11 is 5.90. The van der Waals surface area contributed by atoms with Gasteiger partial charge in [-0.05, 0) is 31.0 Å². The summed E-state index contributed by atoms with van der Waals surface area (Å²) in [5, 5.41) is 4.02. The predicted octanol–water partition coefficient (Wildman–Crippen LogP) is 2.01. The van der Waals surface area contributed by atoms with Gasteiger partial charge in [-0.15, -0.1) is 0 Å². The third-order valence-corrected chi connectivity index (χ3v) is 5.25. The average Bonchev–Trinajstić information content (AvgIpc) is 2.51. The Morgan fingerprint density at radius 2 is 2.24 bits per heavy atom. The number of nitrogens with one attached hydrogen (secondary N) is 1. The summed E-state index contributed by atoms with van der Waals surface area (Å²) in [5.41, 5.74) is 0.768. The summed E-state index contributed by atoms with van der Waals surface area (Å²) in [6.45, 7) is 2.61. The Bertz CT molecular complexity index is 515. The van der Waals surface area contributed by atoms with Crippen LogP contribution < -0.4 is 5.32 Å². The third-order valence-electron chi connectivity index (χ3n) is 3.11. The fourth-order valence-corrected chi connectivity index (χ4v) is 4.45. The lowest BCUT2D eigenvalue weighted by Crippen LogP contribution is -2.42. The molecular formula is C12H16ClNO2S. The van der Waals surface area contributed by atoms with Gasteiger partial charge in [-0.25, -0.2) is 8.42 Å². The Hall–Kier alpha value is -0.580. The van der Waals surface area contributed by atoms with E-state index in [1.807, 2.05) is 31.2 Å². The molecule has 0 aliphatic carbocycles. The first-order valence-electron chi connectivity index (χ1n) is 5.59. The zero-order valence-electron chi connectivity index (χ0n) is 9.74. The predicted molar refractivity (Wildman–Crippen MR) is 70.0 cm³/mol. The summed E-state index contributed by atoms with van der Waals surface area (Å²) in [6, 6.07) is 7.59.